The van der Waals surface area contributed by atoms with Gasteiger partial charge in [0, 0.05) is 23.6 Å². The monoisotopic (exact) mass is 529 g/mol. The molecule has 2 N–H and O–H groups in total. The number of methoxy groups -OCH3 is 2. The molecule has 4 rings (SSSR count). The van der Waals surface area contributed by atoms with E-state index >= 15 is 0 Å². The number of aliphatic imine (C=N–C) groups is 2. The van der Waals surface area contributed by atoms with E-state index < -0.39 is 0 Å². The summed E-state index contributed by atoms with van der Waals surface area (Å²) in [6, 6.07) is 17.8. The van der Waals surface area contributed by atoms with Crippen LogP contribution in [-0.2, 0) is 34.1 Å². The predicted molar refractivity (Wildman–Crippen MR) is 130 cm³/mol. The van der Waals surface area contributed by atoms with E-state index in [-0.39, 0.29) is 11.5 Å². The van der Waals surface area contributed by atoms with Crippen LogP contribution in [0.25, 0.3) is 0 Å². The van der Waals surface area contributed by atoms with Gasteiger partial charge in [0.15, 0.2) is 23.0 Å². The first-order chi connectivity index (χ1) is 17.6. The molecule has 0 unspecified atom stereocenters. The molecule has 0 saturated heterocycles. The number of phenols is 2. The number of ether oxygens (including phenoxy) is 2. The van der Waals surface area contributed by atoms with Crippen LogP contribution in [0.3, 0.4) is 0 Å². The third-order valence-electron chi connectivity index (χ3n) is 4.62. The molecule has 0 atom stereocenters. The number of hydrogen-bond donors (Lipinski definition) is 2. The summed E-state index contributed by atoms with van der Waals surface area (Å²) < 4.78 is 28.5. The zero-order valence-corrected chi connectivity index (χ0v) is 21.2. The first kappa shape index (κ1) is 28.2. The summed E-state index contributed by atoms with van der Waals surface area (Å²) in [7, 11) is 3.03. The summed E-state index contributed by atoms with van der Waals surface area (Å²) in [5, 5.41) is 19.6. The van der Waals surface area contributed by atoms with Crippen molar-refractivity contribution in [2.45, 2.75) is 13.1 Å². The van der Waals surface area contributed by atoms with Gasteiger partial charge in [-0.3, -0.25) is 9.98 Å². The summed E-state index contributed by atoms with van der Waals surface area (Å²) in [5.74, 6) is 2.63. The van der Waals surface area contributed by atoms with E-state index in [1.165, 1.54) is 14.2 Å². The second kappa shape index (κ2) is 15.8. The number of nitrogens with zero attached hydrogens (tertiary/aromatic N) is 2. The van der Waals surface area contributed by atoms with Crippen LogP contribution in [0, 0.1) is 0 Å². The predicted octanol–water partition coefficient (Wildman–Crippen LogP) is 5.10. The quantitative estimate of drug-likeness (QED) is 0.304. The van der Waals surface area contributed by atoms with Gasteiger partial charge < -0.3 is 28.5 Å². The number of benzene rings is 2. The standard InChI is InChI=1S/2C13H13NO3.O.V/c2*1-16-12-6-2-4-10(13(12)15)8-14-9-11-5-3-7-17-11;;/h2*2-8,15H,9H2,1H3;;. The average molecular weight is 529 g/mol. The van der Waals surface area contributed by atoms with E-state index in [0.29, 0.717) is 35.7 Å². The van der Waals surface area contributed by atoms with Crippen molar-refractivity contribution in [3.8, 4) is 23.0 Å². The molecule has 2 aromatic carbocycles. The summed E-state index contributed by atoms with van der Waals surface area (Å²) in [6.07, 6.45) is 6.41. The van der Waals surface area contributed by atoms with E-state index in [9.17, 15) is 10.2 Å². The fourth-order valence-electron chi connectivity index (χ4n) is 2.89. The van der Waals surface area contributed by atoms with Crippen molar-refractivity contribution in [3.63, 3.8) is 0 Å². The minimum atomic E-state index is 0.0956. The fourth-order valence-corrected chi connectivity index (χ4v) is 2.89. The van der Waals surface area contributed by atoms with E-state index in [4.69, 9.17) is 22.0 Å². The average Bonchev–Trinajstić information content (AvgIpc) is 3.63. The molecule has 0 aliphatic carbocycles. The van der Waals surface area contributed by atoms with E-state index in [1.807, 2.05) is 24.3 Å². The molecule has 0 aliphatic rings. The summed E-state index contributed by atoms with van der Waals surface area (Å²) >= 11 is 1.06. The second-order valence-electron chi connectivity index (χ2n) is 6.89. The fraction of sp³-hybridized carbons (Fsp3) is 0.154. The molecule has 2 heterocycles. The van der Waals surface area contributed by atoms with Crippen LogP contribution in [0.2, 0.25) is 0 Å². The molecule has 187 valence electrons. The van der Waals surface area contributed by atoms with Gasteiger partial charge in [-0.25, -0.2) is 0 Å². The molecular formula is C26H26N2O7V. The molecule has 0 spiro atoms. The molecule has 9 nitrogen and oxygen atoms in total. The van der Waals surface area contributed by atoms with Gasteiger partial charge in [0.05, 0.1) is 39.8 Å². The van der Waals surface area contributed by atoms with Crippen molar-refractivity contribution in [2.75, 3.05) is 14.2 Å². The molecule has 0 saturated carbocycles. The molecule has 2 aromatic heterocycles. The van der Waals surface area contributed by atoms with Crippen LogP contribution in [0.4, 0.5) is 0 Å². The molecule has 36 heavy (non-hydrogen) atoms. The normalized spacial score (nSPS) is 10.4. The van der Waals surface area contributed by atoms with Crippen molar-refractivity contribution >= 4 is 12.4 Å². The van der Waals surface area contributed by atoms with Gasteiger partial charge in [-0.05, 0) is 48.5 Å². The zero-order valence-electron chi connectivity index (χ0n) is 19.8. The SMILES string of the molecule is COc1cccc(C=NCc2ccco2)c1O.COc1cccc(C=NCc2ccco2)c1O.[O]=[V]. The molecule has 0 aliphatic heterocycles. The molecule has 4 aromatic rings. The minimum absolute atomic E-state index is 0.0956. The van der Waals surface area contributed by atoms with Gasteiger partial charge in [0.2, 0.25) is 0 Å². The van der Waals surface area contributed by atoms with Gasteiger partial charge in [-0.1, -0.05) is 12.1 Å². The Bertz CT molecular complexity index is 1130. The van der Waals surface area contributed by atoms with E-state index in [1.54, 1.807) is 61.4 Å². The van der Waals surface area contributed by atoms with E-state index in [2.05, 4.69) is 9.98 Å². The Hall–Kier alpha value is -4.08. The van der Waals surface area contributed by atoms with Crippen LogP contribution in [0.15, 0.2) is 92.0 Å². The molecule has 10 heteroatoms. The number of aromatic hydroxyl groups is 2. The van der Waals surface area contributed by atoms with Crippen molar-refractivity contribution in [3.05, 3.63) is 95.8 Å². The number of hydrogen-bond acceptors (Lipinski definition) is 9. The van der Waals surface area contributed by atoms with E-state index in [0.717, 1.165) is 28.9 Å². The van der Waals surface area contributed by atoms with Crippen LogP contribution < -0.4 is 9.47 Å². The number of phenolic OH excluding ortho intramolecular Hbond substituents is 2. The van der Waals surface area contributed by atoms with Gasteiger partial charge in [-0.15, -0.1) is 0 Å². The summed E-state index contributed by atoms with van der Waals surface area (Å²) in [5.41, 5.74) is 1.24. The second-order valence-corrected chi connectivity index (χ2v) is 6.89. The number of para-hydroxylation sites is 2. The molecule has 0 radical (unpaired) electrons. The van der Waals surface area contributed by atoms with Gasteiger partial charge >= 0.3 is 21.0 Å². The van der Waals surface area contributed by atoms with Gasteiger partial charge in [-0.2, -0.15) is 0 Å². The Morgan fingerprint density at radius 3 is 1.47 bits per heavy atom. The van der Waals surface area contributed by atoms with Crippen molar-refractivity contribution in [1.82, 2.24) is 0 Å². The molecule has 0 fully saturated rings. The maximum atomic E-state index is 9.81. The Labute approximate surface area is 217 Å². The number of furan rings is 2. The topological polar surface area (TPSA) is 127 Å². The van der Waals surface area contributed by atoms with Crippen molar-refractivity contribution in [2.24, 2.45) is 9.98 Å². The van der Waals surface area contributed by atoms with Crippen molar-refractivity contribution in [1.29, 1.82) is 0 Å². The van der Waals surface area contributed by atoms with Crippen LogP contribution >= 0.6 is 0 Å². The summed E-state index contributed by atoms with van der Waals surface area (Å²) in [4.78, 5) is 8.37. The summed E-state index contributed by atoms with van der Waals surface area (Å²) in [6.45, 7) is 0.896. The molecule has 0 amide bonds. The van der Waals surface area contributed by atoms with Crippen molar-refractivity contribution < 1.29 is 49.6 Å². The molecular weight excluding hydrogens is 503 g/mol. The Kier molecular flexibility index (Phi) is 12.3. The Morgan fingerprint density at radius 1 is 0.722 bits per heavy atom. The number of rotatable bonds is 8. The first-order valence-electron chi connectivity index (χ1n) is 10.6. The van der Waals surface area contributed by atoms with Crippen LogP contribution in [0.5, 0.6) is 23.0 Å². The first-order valence-corrected chi connectivity index (χ1v) is 11.1. The van der Waals surface area contributed by atoms with Crippen LogP contribution in [0.1, 0.15) is 22.6 Å². The van der Waals surface area contributed by atoms with Gasteiger partial charge in [0.1, 0.15) is 11.5 Å². The third kappa shape index (κ3) is 8.61. The molecule has 0 bridgehead atoms. The zero-order chi connectivity index (χ0) is 26.2. The Balaban J connectivity index is 0.000000237. The van der Waals surface area contributed by atoms with Crippen LogP contribution in [-0.4, -0.2) is 36.9 Å². The van der Waals surface area contributed by atoms with Gasteiger partial charge in [0.25, 0.3) is 0 Å². The third-order valence-corrected chi connectivity index (χ3v) is 4.62. The maximum absolute atomic E-state index is 9.81. The Morgan fingerprint density at radius 2 is 1.14 bits per heavy atom.